The monoisotopic (exact) mass is 254 g/mol. The highest BCUT2D eigenvalue weighted by Crippen LogP contribution is 2.34. The highest BCUT2D eigenvalue weighted by atomic mass is 16.5. The average molecular weight is 254 g/mol. The quantitative estimate of drug-likeness (QED) is 0.761. The fourth-order valence-corrected chi connectivity index (χ4v) is 3.38. The van der Waals surface area contributed by atoms with Crippen molar-refractivity contribution < 1.29 is 14.3 Å². The van der Waals surface area contributed by atoms with Crippen molar-refractivity contribution in [1.82, 2.24) is 4.90 Å². The molecule has 5 heteroatoms. The van der Waals surface area contributed by atoms with Crippen LogP contribution in [0.1, 0.15) is 25.7 Å². The molecule has 102 valence electrons. The Hall–Kier alpha value is -0.650. The topological polar surface area (TPSA) is 64.8 Å². The number of ether oxygens (including phenoxy) is 2. The van der Waals surface area contributed by atoms with E-state index in [2.05, 4.69) is 0 Å². The molecule has 0 radical (unpaired) electrons. The second-order valence-corrected chi connectivity index (χ2v) is 5.76. The Morgan fingerprint density at radius 2 is 1.83 bits per heavy atom. The summed E-state index contributed by atoms with van der Waals surface area (Å²) in [6.45, 7) is 3.23. The van der Waals surface area contributed by atoms with E-state index in [0.29, 0.717) is 19.8 Å². The summed E-state index contributed by atoms with van der Waals surface area (Å²) < 4.78 is 11.1. The molecule has 0 aromatic rings. The van der Waals surface area contributed by atoms with Gasteiger partial charge in [-0.15, -0.1) is 0 Å². The summed E-state index contributed by atoms with van der Waals surface area (Å²) in [7, 11) is 0. The van der Waals surface area contributed by atoms with Crippen LogP contribution >= 0.6 is 0 Å². The van der Waals surface area contributed by atoms with Crippen molar-refractivity contribution in [3.8, 4) is 0 Å². The van der Waals surface area contributed by atoms with Crippen molar-refractivity contribution in [3.05, 3.63) is 0 Å². The summed E-state index contributed by atoms with van der Waals surface area (Å²) in [5, 5.41) is 0. The molecule has 3 aliphatic rings. The first-order valence-electron chi connectivity index (χ1n) is 6.96. The smallest absolute Gasteiger partial charge is 0.230 e. The molecule has 0 aliphatic carbocycles. The van der Waals surface area contributed by atoms with Crippen LogP contribution in [0.3, 0.4) is 0 Å². The maximum absolute atomic E-state index is 12.8. The minimum atomic E-state index is -0.380. The van der Waals surface area contributed by atoms with Gasteiger partial charge in [0, 0.05) is 32.8 Å². The average Bonchev–Trinajstić information content (AvgIpc) is 2.77. The summed E-state index contributed by atoms with van der Waals surface area (Å²) in [6.07, 6.45) is 4.20. The van der Waals surface area contributed by atoms with Crippen LogP contribution in [0.15, 0.2) is 0 Å². The van der Waals surface area contributed by atoms with Crippen LogP contribution in [-0.2, 0) is 14.3 Å². The zero-order chi connectivity index (χ0) is 12.6. The minimum absolute atomic E-state index is 0.230. The number of likely N-dealkylation sites (tertiary alicyclic amines) is 1. The fourth-order valence-electron chi connectivity index (χ4n) is 3.38. The summed E-state index contributed by atoms with van der Waals surface area (Å²) in [4.78, 5) is 14.7. The summed E-state index contributed by atoms with van der Waals surface area (Å²) in [5.74, 6) is 0.230. The molecule has 3 fully saturated rings. The van der Waals surface area contributed by atoms with E-state index in [9.17, 15) is 4.79 Å². The number of hydrogen-bond donors (Lipinski definition) is 1. The van der Waals surface area contributed by atoms with E-state index in [0.717, 1.165) is 38.8 Å². The Morgan fingerprint density at radius 3 is 2.39 bits per heavy atom. The number of fused-ring (bicyclic) bond motifs is 2. The lowest BCUT2D eigenvalue weighted by Gasteiger charge is -2.41. The largest absolute Gasteiger partial charge is 0.381 e. The van der Waals surface area contributed by atoms with Crippen molar-refractivity contribution >= 4 is 5.91 Å². The van der Waals surface area contributed by atoms with Crippen molar-refractivity contribution in [2.45, 2.75) is 37.9 Å². The molecule has 3 aliphatic heterocycles. The molecule has 0 aromatic carbocycles. The standard InChI is InChI=1S/C13H22N2O3/c14-9-13(3-5-17-6-4-13)12(16)15-7-10-1-2-11(8-15)18-10/h10-11H,1-9,14H2. The van der Waals surface area contributed by atoms with Crippen molar-refractivity contribution in [2.75, 3.05) is 32.8 Å². The summed E-state index contributed by atoms with van der Waals surface area (Å²) in [6, 6.07) is 0. The molecule has 5 nitrogen and oxygen atoms in total. The van der Waals surface area contributed by atoms with E-state index >= 15 is 0 Å². The highest BCUT2D eigenvalue weighted by Gasteiger charge is 2.45. The summed E-state index contributed by atoms with van der Waals surface area (Å²) >= 11 is 0. The predicted molar refractivity (Wildman–Crippen MR) is 66.0 cm³/mol. The van der Waals surface area contributed by atoms with Crippen LogP contribution in [0.2, 0.25) is 0 Å². The minimum Gasteiger partial charge on any atom is -0.381 e. The van der Waals surface area contributed by atoms with Gasteiger partial charge in [-0.3, -0.25) is 4.79 Å². The first-order valence-corrected chi connectivity index (χ1v) is 6.96. The molecule has 2 bridgehead atoms. The van der Waals surface area contributed by atoms with Gasteiger partial charge in [-0.2, -0.15) is 0 Å². The van der Waals surface area contributed by atoms with Crippen LogP contribution in [0.4, 0.5) is 0 Å². The van der Waals surface area contributed by atoms with Gasteiger partial charge in [0.1, 0.15) is 0 Å². The van der Waals surface area contributed by atoms with Crippen molar-refractivity contribution in [3.63, 3.8) is 0 Å². The van der Waals surface area contributed by atoms with Gasteiger partial charge < -0.3 is 20.1 Å². The molecular weight excluding hydrogens is 232 g/mol. The molecular formula is C13H22N2O3. The third-order valence-corrected chi connectivity index (χ3v) is 4.63. The number of nitrogens with zero attached hydrogens (tertiary/aromatic N) is 1. The molecule has 0 saturated carbocycles. The van der Waals surface area contributed by atoms with Gasteiger partial charge in [0.15, 0.2) is 0 Å². The van der Waals surface area contributed by atoms with Gasteiger partial charge in [0.2, 0.25) is 5.91 Å². The number of carbonyl (C=O) groups excluding carboxylic acids is 1. The SMILES string of the molecule is NCC1(C(=O)N2CC3CCC(C2)O3)CCOCC1. The van der Waals surface area contributed by atoms with Gasteiger partial charge in [0.25, 0.3) is 0 Å². The van der Waals surface area contributed by atoms with Gasteiger partial charge >= 0.3 is 0 Å². The molecule has 0 aromatic heterocycles. The van der Waals surface area contributed by atoms with Gasteiger partial charge in [0.05, 0.1) is 17.6 Å². The van der Waals surface area contributed by atoms with Crippen molar-refractivity contribution in [1.29, 1.82) is 0 Å². The molecule has 2 unspecified atom stereocenters. The zero-order valence-electron chi connectivity index (χ0n) is 10.8. The predicted octanol–water partition coefficient (Wildman–Crippen LogP) is 0.132. The Bertz CT molecular complexity index is 316. The molecule has 0 spiro atoms. The normalized spacial score (nSPS) is 34.6. The van der Waals surface area contributed by atoms with E-state index < -0.39 is 0 Å². The zero-order valence-corrected chi connectivity index (χ0v) is 10.8. The van der Waals surface area contributed by atoms with Gasteiger partial charge in [-0.05, 0) is 25.7 Å². The maximum atomic E-state index is 12.8. The van der Waals surface area contributed by atoms with Crippen LogP contribution in [0.5, 0.6) is 0 Å². The van der Waals surface area contributed by atoms with E-state index in [1.165, 1.54) is 0 Å². The van der Waals surface area contributed by atoms with E-state index in [1.807, 2.05) is 4.90 Å². The Morgan fingerprint density at radius 1 is 1.22 bits per heavy atom. The third-order valence-electron chi connectivity index (χ3n) is 4.63. The van der Waals surface area contributed by atoms with E-state index in [4.69, 9.17) is 15.2 Å². The van der Waals surface area contributed by atoms with Gasteiger partial charge in [-0.25, -0.2) is 0 Å². The lowest BCUT2D eigenvalue weighted by molar-refractivity contribution is -0.155. The second-order valence-electron chi connectivity index (χ2n) is 5.76. The number of carbonyl (C=O) groups is 1. The second kappa shape index (κ2) is 4.79. The maximum Gasteiger partial charge on any atom is 0.230 e. The lowest BCUT2D eigenvalue weighted by Crippen LogP contribution is -2.55. The van der Waals surface area contributed by atoms with Crippen LogP contribution in [0, 0.1) is 5.41 Å². The number of rotatable bonds is 2. The van der Waals surface area contributed by atoms with Crippen LogP contribution in [-0.4, -0.2) is 55.9 Å². The fraction of sp³-hybridized carbons (Fsp3) is 0.923. The van der Waals surface area contributed by atoms with Crippen LogP contribution < -0.4 is 5.73 Å². The number of amides is 1. The number of nitrogens with two attached hydrogens (primary N) is 1. The molecule has 18 heavy (non-hydrogen) atoms. The Kier molecular flexibility index (Phi) is 3.30. The third kappa shape index (κ3) is 2.04. The lowest BCUT2D eigenvalue weighted by atomic mass is 9.78. The van der Waals surface area contributed by atoms with Crippen LogP contribution in [0.25, 0.3) is 0 Å². The number of morpholine rings is 1. The first kappa shape index (κ1) is 12.4. The highest BCUT2D eigenvalue weighted by molar-refractivity contribution is 5.83. The first-order chi connectivity index (χ1) is 8.73. The Balaban J connectivity index is 1.72. The molecule has 2 atom stereocenters. The van der Waals surface area contributed by atoms with E-state index in [1.54, 1.807) is 0 Å². The number of hydrogen-bond acceptors (Lipinski definition) is 4. The molecule has 1 amide bonds. The molecule has 3 rings (SSSR count). The van der Waals surface area contributed by atoms with Crippen molar-refractivity contribution in [2.24, 2.45) is 11.1 Å². The molecule has 3 saturated heterocycles. The van der Waals surface area contributed by atoms with Gasteiger partial charge in [-0.1, -0.05) is 0 Å². The van der Waals surface area contributed by atoms with E-state index in [-0.39, 0.29) is 23.5 Å². The molecule has 3 heterocycles. The summed E-state index contributed by atoms with van der Waals surface area (Å²) in [5.41, 5.74) is 5.52. The molecule has 2 N–H and O–H groups in total. The Labute approximate surface area is 108 Å².